The largest absolute Gasteiger partial charge is 0.467 e. The summed E-state index contributed by atoms with van der Waals surface area (Å²) < 4.78 is 47.0. The second kappa shape index (κ2) is 7.47. The lowest BCUT2D eigenvalue weighted by Crippen LogP contribution is -2.35. The van der Waals surface area contributed by atoms with Crippen molar-refractivity contribution in [3.05, 3.63) is 70.8 Å². The third-order valence-corrected chi connectivity index (χ3v) is 4.95. The molecule has 4 rings (SSSR count). The van der Waals surface area contributed by atoms with E-state index in [0.717, 1.165) is 4.68 Å². The normalized spacial score (nSPS) is 18.8. The molecule has 0 unspecified atom stereocenters. The van der Waals surface area contributed by atoms with Gasteiger partial charge < -0.3 is 15.1 Å². The number of carbonyl (C=O) groups is 1. The Hall–Kier alpha value is -2.94. The fourth-order valence-electron chi connectivity index (χ4n) is 3.27. The molecule has 152 valence electrons. The summed E-state index contributed by atoms with van der Waals surface area (Å²) in [5, 5.41) is 10.0. The van der Waals surface area contributed by atoms with Gasteiger partial charge in [0.15, 0.2) is 11.7 Å². The van der Waals surface area contributed by atoms with Crippen LogP contribution < -0.4 is 10.6 Å². The van der Waals surface area contributed by atoms with Crippen molar-refractivity contribution in [3.63, 3.8) is 0 Å². The quantitative estimate of drug-likeness (QED) is 0.635. The maximum Gasteiger partial charge on any atom is 0.410 e. The average Bonchev–Trinajstić information content (AvgIpc) is 3.34. The van der Waals surface area contributed by atoms with E-state index in [4.69, 9.17) is 16.0 Å². The third kappa shape index (κ3) is 4.09. The first-order valence-corrected chi connectivity index (χ1v) is 9.18. The molecule has 1 aliphatic rings. The molecule has 0 saturated carbocycles. The Morgan fingerprint density at radius 3 is 2.72 bits per heavy atom. The van der Waals surface area contributed by atoms with Gasteiger partial charge in [-0.2, -0.15) is 18.3 Å². The van der Waals surface area contributed by atoms with E-state index < -0.39 is 24.2 Å². The number of nitrogens with zero attached hydrogens (tertiary/aromatic N) is 2. The standard InChI is InChI=1S/C19H16ClF3N4O2/c20-12-5-3-11(4-6-12)14-8-16(19(21,22)23)27-17(25-14)9-15(26-27)18(28)24-10-13-2-1-7-29-13/h1-7,9,14,16,25H,8,10H2,(H,24,28)/t14-,16-/m0/s1. The zero-order valence-corrected chi connectivity index (χ0v) is 15.7. The predicted octanol–water partition coefficient (Wildman–Crippen LogP) is 4.72. The van der Waals surface area contributed by atoms with Crippen molar-refractivity contribution in [2.75, 3.05) is 5.32 Å². The number of hydrogen-bond acceptors (Lipinski definition) is 4. The third-order valence-electron chi connectivity index (χ3n) is 4.70. The number of nitrogens with one attached hydrogen (secondary N) is 2. The number of hydrogen-bond donors (Lipinski definition) is 2. The first-order valence-electron chi connectivity index (χ1n) is 8.80. The van der Waals surface area contributed by atoms with Crippen molar-refractivity contribution in [3.8, 4) is 0 Å². The number of fused-ring (bicyclic) bond motifs is 1. The Labute approximate surface area is 168 Å². The molecular weight excluding hydrogens is 409 g/mol. The van der Waals surface area contributed by atoms with Crippen molar-refractivity contribution in [1.29, 1.82) is 0 Å². The number of aromatic nitrogens is 2. The molecule has 3 heterocycles. The highest BCUT2D eigenvalue weighted by Crippen LogP contribution is 2.43. The summed E-state index contributed by atoms with van der Waals surface area (Å²) in [7, 11) is 0. The smallest absolute Gasteiger partial charge is 0.410 e. The zero-order chi connectivity index (χ0) is 20.6. The van der Waals surface area contributed by atoms with E-state index in [9.17, 15) is 18.0 Å². The van der Waals surface area contributed by atoms with Crippen molar-refractivity contribution in [1.82, 2.24) is 15.1 Å². The first-order chi connectivity index (χ1) is 13.8. The zero-order valence-electron chi connectivity index (χ0n) is 14.9. The van der Waals surface area contributed by atoms with Crippen molar-refractivity contribution >= 4 is 23.3 Å². The predicted molar refractivity (Wildman–Crippen MR) is 99.6 cm³/mol. The Morgan fingerprint density at radius 2 is 2.07 bits per heavy atom. The van der Waals surface area contributed by atoms with Crippen LogP contribution in [0.15, 0.2) is 53.1 Å². The molecule has 2 aromatic heterocycles. The van der Waals surface area contributed by atoms with Gasteiger partial charge in [0.25, 0.3) is 5.91 Å². The van der Waals surface area contributed by atoms with Gasteiger partial charge in [-0.15, -0.1) is 0 Å². The number of halogens is 4. The molecule has 1 aromatic carbocycles. The molecule has 0 spiro atoms. The summed E-state index contributed by atoms with van der Waals surface area (Å²) in [5.41, 5.74) is 0.560. The lowest BCUT2D eigenvalue weighted by Gasteiger charge is -2.33. The minimum absolute atomic E-state index is 0.106. The van der Waals surface area contributed by atoms with Crippen molar-refractivity contribution in [2.45, 2.75) is 31.2 Å². The number of rotatable bonds is 4. The lowest BCUT2D eigenvalue weighted by atomic mass is 9.97. The number of alkyl halides is 3. The Bertz CT molecular complexity index is 1000. The highest BCUT2D eigenvalue weighted by atomic mass is 35.5. The number of amides is 1. The van der Waals surface area contributed by atoms with Crippen LogP contribution in [0.3, 0.4) is 0 Å². The van der Waals surface area contributed by atoms with Crippen LogP contribution in [0.5, 0.6) is 0 Å². The van der Waals surface area contributed by atoms with E-state index >= 15 is 0 Å². The van der Waals surface area contributed by atoms with Crippen molar-refractivity contribution < 1.29 is 22.4 Å². The number of carbonyl (C=O) groups excluding carboxylic acids is 1. The van der Waals surface area contributed by atoms with Gasteiger partial charge in [0.1, 0.15) is 11.6 Å². The molecular formula is C19H16ClF3N4O2. The van der Waals surface area contributed by atoms with Gasteiger partial charge in [-0.25, -0.2) is 4.68 Å². The second-order valence-electron chi connectivity index (χ2n) is 6.66. The van der Waals surface area contributed by atoms with Crippen LogP contribution in [-0.4, -0.2) is 21.9 Å². The molecule has 1 aliphatic heterocycles. The van der Waals surface area contributed by atoms with Gasteiger partial charge in [0, 0.05) is 17.5 Å². The summed E-state index contributed by atoms with van der Waals surface area (Å²) in [4.78, 5) is 12.4. The van der Waals surface area contributed by atoms with Gasteiger partial charge in [-0.3, -0.25) is 4.79 Å². The molecule has 0 radical (unpaired) electrons. The van der Waals surface area contributed by atoms with E-state index in [2.05, 4.69) is 15.7 Å². The summed E-state index contributed by atoms with van der Waals surface area (Å²) in [6.07, 6.45) is -3.31. The maximum absolute atomic E-state index is 13.7. The summed E-state index contributed by atoms with van der Waals surface area (Å²) in [6.45, 7) is 0.109. The topological polar surface area (TPSA) is 72.1 Å². The van der Waals surface area contributed by atoms with Gasteiger partial charge in [0.05, 0.1) is 18.8 Å². The van der Waals surface area contributed by atoms with E-state index in [1.54, 1.807) is 36.4 Å². The molecule has 0 aliphatic carbocycles. The van der Waals surface area contributed by atoms with E-state index in [-0.39, 0.29) is 24.5 Å². The van der Waals surface area contributed by atoms with Gasteiger partial charge >= 0.3 is 6.18 Å². The van der Waals surface area contributed by atoms with Crippen molar-refractivity contribution in [2.24, 2.45) is 0 Å². The first kappa shape index (κ1) is 19.4. The molecule has 3 aromatic rings. The molecule has 0 fully saturated rings. The minimum Gasteiger partial charge on any atom is -0.467 e. The van der Waals surface area contributed by atoms with E-state index in [1.807, 2.05) is 0 Å². The molecule has 6 nitrogen and oxygen atoms in total. The molecule has 2 atom stereocenters. The van der Waals surface area contributed by atoms with Crippen LogP contribution in [0.1, 0.15) is 40.3 Å². The average molecular weight is 425 g/mol. The van der Waals surface area contributed by atoms with Gasteiger partial charge in [-0.1, -0.05) is 23.7 Å². The molecule has 10 heteroatoms. The maximum atomic E-state index is 13.7. The molecule has 0 bridgehead atoms. The SMILES string of the molecule is O=C(NCc1ccco1)c1cc2n(n1)[C@H](C(F)(F)F)C[C@@H](c1ccc(Cl)cc1)N2. The molecule has 29 heavy (non-hydrogen) atoms. The number of furan rings is 1. The molecule has 2 N–H and O–H groups in total. The van der Waals surface area contributed by atoms with Gasteiger partial charge in [-0.05, 0) is 29.8 Å². The second-order valence-corrected chi connectivity index (χ2v) is 7.10. The number of benzene rings is 1. The summed E-state index contributed by atoms with van der Waals surface area (Å²) in [6, 6.07) is 8.82. The van der Waals surface area contributed by atoms with Crippen LogP contribution in [0.4, 0.5) is 19.0 Å². The van der Waals surface area contributed by atoms with Gasteiger partial charge in [0.2, 0.25) is 0 Å². The van der Waals surface area contributed by atoms with Crippen LogP contribution in [0.25, 0.3) is 0 Å². The minimum atomic E-state index is -4.52. The molecule has 0 saturated heterocycles. The van der Waals surface area contributed by atoms with E-state index in [1.165, 1.54) is 12.3 Å². The highest BCUT2D eigenvalue weighted by Gasteiger charge is 2.46. The Kier molecular flexibility index (Phi) is 4.99. The van der Waals surface area contributed by atoms with Crippen LogP contribution in [0, 0.1) is 0 Å². The Balaban J connectivity index is 1.59. The highest BCUT2D eigenvalue weighted by molar-refractivity contribution is 6.30. The number of anilines is 1. The van der Waals surface area contributed by atoms with E-state index in [0.29, 0.717) is 16.3 Å². The summed E-state index contributed by atoms with van der Waals surface area (Å²) >= 11 is 5.87. The lowest BCUT2D eigenvalue weighted by molar-refractivity contribution is -0.173. The fourth-order valence-corrected chi connectivity index (χ4v) is 3.40. The fraction of sp³-hybridized carbons (Fsp3) is 0.263. The monoisotopic (exact) mass is 424 g/mol. The van der Waals surface area contributed by atoms with Crippen LogP contribution in [0.2, 0.25) is 5.02 Å². The Morgan fingerprint density at radius 1 is 1.31 bits per heavy atom. The van der Waals surface area contributed by atoms with Crippen LogP contribution >= 0.6 is 11.6 Å². The van der Waals surface area contributed by atoms with Crippen LogP contribution in [-0.2, 0) is 6.54 Å². The summed E-state index contributed by atoms with van der Waals surface area (Å²) in [5.74, 6) is 0.0622. The molecule has 1 amide bonds.